The molecule has 0 spiro atoms. The molecule has 0 bridgehead atoms. The summed E-state index contributed by atoms with van der Waals surface area (Å²) in [5.74, 6) is 0.169. The first-order valence-electron chi connectivity index (χ1n) is 7.18. The van der Waals surface area contributed by atoms with E-state index >= 15 is 0 Å². The molecule has 2 heteroatoms. The van der Waals surface area contributed by atoms with E-state index in [4.69, 9.17) is 4.74 Å². The van der Waals surface area contributed by atoms with E-state index in [0.717, 1.165) is 11.1 Å². The first-order valence-corrected chi connectivity index (χ1v) is 7.18. The van der Waals surface area contributed by atoms with Gasteiger partial charge in [-0.05, 0) is 17.2 Å². The van der Waals surface area contributed by atoms with Crippen LogP contribution in [0.5, 0.6) is 0 Å². The lowest BCUT2D eigenvalue weighted by molar-refractivity contribution is -0.115. The van der Waals surface area contributed by atoms with Gasteiger partial charge in [-0.3, -0.25) is 4.79 Å². The summed E-state index contributed by atoms with van der Waals surface area (Å²) >= 11 is 0. The zero-order chi connectivity index (χ0) is 14.5. The average Bonchev–Trinajstić information content (AvgIpc) is 2.92. The van der Waals surface area contributed by atoms with Crippen LogP contribution in [0.25, 0.3) is 0 Å². The minimum absolute atomic E-state index is 0.169. The van der Waals surface area contributed by atoms with E-state index in [2.05, 4.69) is 12.1 Å². The molecule has 3 rings (SSSR count). The summed E-state index contributed by atoms with van der Waals surface area (Å²) in [6.07, 6.45) is 4.17. The number of rotatable bonds is 5. The molecule has 0 heterocycles. The number of benzene rings is 2. The van der Waals surface area contributed by atoms with Crippen LogP contribution in [0.4, 0.5) is 0 Å². The van der Waals surface area contributed by atoms with E-state index in [1.807, 2.05) is 54.6 Å². The maximum absolute atomic E-state index is 11.7. The van der Waals surface area contributed by atoms with Crippen molar-refractivity contribution in [2.75, 3.05) is 6.61 Å². The predicted molar refractivity (Wildman–Crippen MR) is 83.0 cm³/mol. The molecule has 106 valence electrons. The highest BCUT2D eigenvalue weighted by molar-refractivity contribution is 5.94. The third-order valence-electron chi connectivity index (χ3n) is 3.90. The molecular weight excluding hydrogens is 260 g/mol. The van der Waals surface area contributed by atoms with Crippen LogP contribution < -0.4 is 0 Å². The topological polar surface area (TPSA) is 26.3 Å². The van der Waals surface area contributed by atoms with Gasteiger partial charge in [0.25, 0.3) is 0 Å². The van der Waals surface area contributed by atoms with Gasteiger partial charge in [0, 0.05) is 11.8 Å². The van der Waals surface area contributed by atoms with Crippen LogP contribution in [-0.4, -0.2) is 12.4 Å². The van der Waals surface area contributed by atoms with Gasteiger partial charge in [-0.25, -0.2) is 0 Å². The molecule has 0 aromatic heterocycles. The lowest BCUT2D eigenvalue weighted by Crippen LogP contribution is -2.28. The Morgan fingerprint density at radius 2 is 1.62 bits per heavy atom. The molecule has 0 amide bonds. The SMILES string of the molecule is O=C1C=C[C@](COCc2ccccc2)(c2ccccc2)C1. The third-order valence-corrected chi connectivity index (χ3v) is 3.90. The highest BCUT2D eigenvalue weighted by Crippen LogP contribution is 2.35. The molecule has 0 fully saturated rings. The van der Waals surface area contributed by atoms with Crippen molar-refractivity contribution in [2.24, 2.45) is 0 Å². The minimum Gasteiger partial charge on any atom is -0.376 e. The van der Waals surface area contributed by atoms with Crippen molar-refractivity contribution in [3.8, 4) is 0 Å². The van der Waals surface area contributed by atoms with Crippen molar-refractivity contribution in [1.29, 1.82) is 0 Å². The van der Waals surface area contributed by atoms with Crippen LogP contribution in [-0.2, 0) is 21.6 Å². The quantitative estimate of drug-likeness (QED) is 0.834. The van der Waals surface area contributed by atoms with E-state index in [1.165, 1.54) is 0 Å². The molecule has 2 aromatic rings. The second-order valence-electron chi connectivity index (χ2n) is 5.48. The highest BCUT2D eigenvalue weighted by atomic mass is 16.5. The standard InChI is InChI=1S/C19H18O2/c20-18-11-12-19(13-18,17-9-5-2-6-10-17)15-21-14-16-7-3-1-4-8-16/h1-12H,13-15H2/t19-/m0/s1. The summed E-state index contributed by atoms with van der Waals surface area (Å²) in [5.41, 5.74) is 1.97. The molecule has 1 atom stereocenters. The molecule has 2 nitrogen and oxygen atoms in total. The highest BCUT2D eigenvalue weighted by Gasteiger charge is 2.35. The monoisotopic (exact) mass is 278 g/mol. The molecule has 1 aliphatic carbocycles. The fraction of sp³-hybridized carbons (Fsp3) is 0.211. The third kappa shape index (κ3) is 3.11. The maximum atomic E-state index is 11.7. The summed E-state index contributed by atoms with van der Waals surface area (Å²) < 4.78 is 5.91. The molecule has 0 saturated carbocycles. The number of allylic oxidation sites excluding steroid dienone is 1. The zero-order valence-corrected chi connectivity index (χ0v) is 11.9. The van der Waals surface area contributed by atoms with Crippen molar-refractivity contribution >= 4 is 5.78 Å². The Kier molecular flexibility index (Phi) is 3.98. The van der Waals surface area contributed by atoms with Gasteiger partial charge >= 0.3 is 0 Å². The van der Waals surface area contributed by atoms with Gasteiger partial charge in [0.05, 0.1) is 13.2 Å². The van der Waals surface area contributed by atoms with E-state index in [0.29, 0.717) is 19.6 Å². The second kappa shape index (κ2) is 6.06. The maximum Gasteiger partial charge on any atom is 0.156 e. The smallest absolute Gasteiger partial charge is 0.156 e. The summed E-state index contributed by atoms with van der Waals surface area (Å²) in [5, 5.41) is 0. The Hall–Kier alpha value is -2.19. The van der Waals surface area contributed by atoms with Crippen LogP contribution in [0.2, 0.25) is 0 Å². The van der Waals surface area contributed by atoms with E-state index < -0.39 is 0 Å². The van der Waals surface area contributed by atoms with Gasteiger partial charge in [0.1, 0.15) is 0 Å². The van der Waals surface area contributed by atoms with Crippen LogP contribution in [0.15, 0.2) is 72.8 Å². The lowest BCUT2D eigenvalue weighted by Gasteiger charge is -2.27. The number of hydrogen-bond donors (Lipinski definition) is 0. The van der Waals surface area contributed by atoms with Crippen molar-refractivity contribution in [3.63, 3.8) is 0 Å². The molecule has 0 saturated heterocycles. The number of carbonyl (C=O) groups excluding carboxylic acids is 1. The zero-order valence-electron chi connectivity index (χ0n) is 11.9. The first-order chi connectivity index (χ1) is 10.3. The minimum atomic E-state index is -0.312. The number of ketones is 1. The van der Waals surface area contributed by atoms with Gasteiger partial charge in [-0.15, -0.1) is 0 Å². The number of hydrogen-bond acceptors (Lipinski definition) is 2. The Bertz CT molecular complexity index is 631. The molecule has 0 N–H and O–H groups in total. The van der Waals surface area contributed by atoms with Crippen molar-refractivity contribution < 1.29 is 9.53 Å². The first kappa shape index (κ1) is 13.8. The summed E-state index contributed by atoms with van der Waals surface area (Å²) in [7, 11) is 0. The molecule has 0 aliphatic heterocycles. The predicted octanol–water partition coefficient (Wildman–Crippen LogP) is 3.67. The van der Waals surface area contributed by atoms with E-state index in [-0.39, 0.29) is 11.2 Å². The van der Waals surface area contributed by atoms with Gasteiger partial charge in [0.15, 0.2) is 5.78 Å². The second-order valence-corrected chi connectivity index (χ2v) is 5.48. The fourth-order valence-electron chi connectivity index (χ4n) is 2.76. The van der Waals surface area contributed by atoms with Gasteiger partial charge in [-0.2, -0.15) is 0 Å². The van der Waals surface area contributed by atoms with E-state index in [1.54, 1.807) is 6.08 Å². The van der Waals surface area contributed by atoms with Gasteiger partial charge in [-0.1, -0.05) is 66.7 Å². The van der Waals surface area contributed by atoms with Crippen LogP contribution >= 0.6 is 0 Å². The van der Waals surface area contributed by atoms with Crippen molar-refractivity contribution in [3.05, 3.63) is 83.9 Å². The molecule has 0 radical (unpaired) electrons. The van der Waals surface area contributed by atoms with Crippen molar-refractivity contribution in [1.82, 2.24) is 0 Å². The van der Waals surface area contributed by atoms with Crippen LogP contribution in [0, 0.1) is 0 Å². The molecule has 1 aliphatic rings. The summed E-state index contributed by atoms with van der Waals surface area (Å²) in [4.78, 5) is 11.7. The Morgan fingerprint density at radius 1 is 0.952 bits per heavy atom. The summed E-state index contributed by atoms with van der Waals surface area (Å²) in [6.45, 7) is 1.09. The molecule has 2 aromatic carbocycles. The Morgan fingerprint density at radius 3 is 2.24 bits per heavy atom. The summed E-state index contributed by atoms with van der Waals surface area (Å²) in [6, 6.07) is 20.2. The van der Waals surface area contributed by atoms with Crippen molar-refractivity contribution in [2.45, 2.75) is 18.4 Å². The average molecular weight is 278 g/mol. The van der Waals surface area contributed by atoms with Crippen LogP contribution in [0.1, 0.15) is 17.5 Å². The van der Waals surface area contributed by atoms with Crippen LogP contribution in [0.3, 0.4) is 0 Å². The molecular formula is C19H18O2. The molecule has 21 heavy (non-hydrogen) atoms. The number of carbonyl (C=O) groups is 1. The Balaban J connectivity index is 1.73. The lowest BCUT2D eigenvalue weighted by atomic mass is 9.81. The normalized spacial score (nSPS) is 20.9. The van der Waals surface area contributed by atoms with Gasteiger partial charge < -0.3 is 4.74 Å². The molecule has 0 unspecified atom stereocenters. The number of ether oxygens (including phenoxy) is 1. The largest absolute Gasteiger partial charge is 0.376 e. The fourth-order valence-corrected chi connectivity index (χ4v) is 2.76. The van der Waals surface area contributed by atoms with E-state index in [9.17, 15) is 4.79 Å². The van der Waals surface area contributed by atoms with Gasteiger partial charge in [0.2, 0.25) is 0 Å². The Labute approximate surface area is 125 Å².